The van der Waals surface area contributed by atoms with Crippen molar-refractivity contribution in [2.45, 2.75) is 84.1 Å². The zero-order valence-corrected chi connectivity index (χ0v) is 17.6. The fraction of sp³-hybridized carbons (Fsp3) is 0.667. The molecule has 3 saturated heterocycles. The molecule has 0 aromatic heterocycles. The van der Waals surface area contributed by atoms with Crippen LogP contribution in [0.3, 0.4) is 0 Å². The Morgan fingerprint density at radius 2 is 1.71 bits per heavy atom. The third-order valence-electron chi connectivity index (χ3n) is 7.02. The number of carbonyl (C=O) groups excluding carboxylic acids is 1. The number of carbonyl (C=O) groups is 1. The summed E-state index contributed by atoms with van der Waals surface area (Å²) < 4.78 is 26.8. The first kappa shape index (κ1) is 19.7. The van der Waals surface area contributed by atoms with Gasteiger partial charge in [-0.2, -0.15) is 0 Å². The molecule has 4 rings (SSSR count). The standard InChI is InChI=1S/C21H30BFN2O3/c1-12-7-14-10-15(8-12)25(14)19(26)24-18-11-16(13(2)9-17(18)23)22-27-20(3,4)21(5,6)28-22/h9,11-12,14-15H,7-8,10H2,1-6H3,(H,24,26). The maximum atomic E-state index is 14.6. The minimum Gasteiger partial charge on any atom is -0.399 e. The zero-order chi connectivity index (χ0) is 20.4. The van der Waals surface area contributed by atoms with Crippen molar-refractivity contribution < 1.29 is 18.5 Å². The van der Waals surface area contributed by atoms with Crippen molar-refractivity contribution in [1.82, 2.24) is 4.90 Å². The first-order chi connectivity index (χ1) is 13.0. The van der Waals surface area contributed by atoms with Crippen LogP contribution in [0.5, 0.6) is 0 Å². The molecule has 0 radical (unpaired) electrons. The molecule has 3 heterocycles. The van der Waals surface area contributed by atoms with E-state index in [-0.39, 0.29) is 23.8 Å². The van der Waals surface area contributed by atoms with Crippen LogP contribution in [0.4, 0.5) is 14.9 Å². The van der Waals surface area contributed by atoms with Crippen molar-refractivity contribution in [3.63, 3.8) is 0 Å². The van der Waals surface area contributed by atoms with Gasteiger partial charge in [0.05, 0.1) is 16.9 Å². The van der Waals surface area contributed by atoms with E-state index in [4.69, 9.17) is 9.31 Å². The maximum absolute atomic E-state index is 14.6. The summed E-state index contributed by atoms with van der Waals surface area (Å²) in [6, 6.07) is 3.45. The monoisotopic (exact) mass is 388 g/mol. The third kappa shape index (κ3) is 3.13. The average molecular weight is 388 g/mol. The van der Waals surface area contributed by atoms with Gasteiger partial charge in [-0.1, -0.05) is 6.92 Å². The number of nitrogens with zero attached hydrogens (tertiary/aromatic N) is 1. The summed E-state index contributed by atoms with van der Waals surface area (Å²) in [6.07, 6.45) is 3.12. The number of piperidine rings is 1. The highest BCUT2D eigenvalue weighted by molar-refractivity contribution is 6.62. The number of hydrogen-bond acceptors (Lipinski definition) is 3. The fourth-order valence-electron chi connectivity index (χ4n) is 4.67. The smallest absolute Gasteiger partial charge is 0.399 e. The number of nitrogens with one attached hydrogen (secondary N) is 1. The molecule has 0 spiro atoms. The van der Waals surface area contributed by atoms with Gasteiger partial charge in [0.25, 0.3) is 0 Å². The van der Waals surface area contributed by atoms with Gasteiger partial charge >= 0.3 is 13.1 Å². The second-order valence-corrected chi connectivity index (χ2v) is 9.73. The highest BCUT2D eigenvalue weighted by Crippen LogP contribution is 2.41. The normalized spacial score (nSPS) is 30.2. The fourth-order valence-corrected chi connectivity index (χ4v) is 4.67. The summed E-state index contributed by atoms with van der Waals surface area (Å²) in [5, 5.41) is 2.79. The van der Waals surface area contributed by atoms with Crippen LogP contribution in [0, 0.1) is 18.7 Å². The third-order valence-corrected chi connectivity index (χ3v) is 7.02. The summed E-state index contributed by atoms with van der Waals surface area (Å²) in [4.78, 5) is 14.7. The van der Waals surface area contributed by atoms with Crippen molar-refractivity contribution in [2.24, 2.45) is 5.92 Å². The molecule has 7 heteroatoms. The lowest BCUT2D eigenvalue weighted by Crippen LogP contribution is -2.63. The summed E-state index contributed by atoms with van der Waals surface area (Å²) >= 11 is 0. The number of halogens is 1. The largest absolute Gasteiger partial charge is 0.495 e. The molecule has 0 saturated carbocycles. The van der Waals surface area contributed by atoms with E-state index in [1.807, 2.05) is 39.5 Å². The molecule has 3 aliphatic rings. The van der Waals surface area contributed by atoms with Gasteiger partial charge in [-0.05, 0) is 83.0 Å². The lowest BCUT2D eigenvalue weighted by molar-refractivity contribution is -0.00603. The van der Waals surface area contributed by atoms with Gasteiger partial charge in [-0.15, -0.1) is 0 Å². The highest BCUT2D eigenvalue weighted by Gasteiger charge is 2.52. The van der Waals surface area contributed by atoms with E-state index in [0.29, 0.717) is 5.92 Å². The maximum Gasteiger partial charge on any atom is 0.495 e. The van der Waals surface area contributed by atoms with Crippen LogP contribution in [-0.4, -0.2) is 41.3 Å². The minimum atomic E-state index is -0.592. The van der Waals surface area contributed by atoms with Crippen LogP contribution in [-0.2, 0) is 9.31 Å². The number of fused-ring (bicyclic) bond motifs is 2. The lowest BCUT2D eigenvalue weighted by Gasteiger charge is -2.54. The van der Waals surface area contributed by atoms with Crippen molar-refractivity contribution in [3.8, 4) is 0 Å². The number of aryl methyl sites for hydroxylation is 1. The minimum absolute atomic E-state index is 0.179. The molecule has 2 atom stereocenters. The number of benzene rings is 1. The quantitative estimate of drug-likeness (QED) is 0.784. The average Bonchev–Trinajstić information content (AvgIpc) is 2.77. The molecule has 0 aliphatic carbocycles. The summed E-state index contributed by atoms with van der Waals surface area (Å²) in [5.74, 6) is 0.212. The Labute approximate surface area is 167 Å². The van der Waals surface area contributed by atoms with Gasteiger partial charge in [0, 0.05) is 12.1 Å². The van der Waals surface area contributed by atoms with Crippen molar-refractivity contribution in [1.29, 1.82) is 0 Å². The van der Waals surface area contributed by atoms with Crippen LogP contribution in [0.1, 0.15) is 59.4 Å². The van der Waals surface area contributed by atoms with Gasteiger partial charge in [0.2, 0.25) is 0 Å². The van der Waals surface area contributed by atoms with E-state index in [1.54, 1.807) is 6.07 Å². The predicted octanol–water partition coefficient (Wildman–Crippen LogP) is 3.84. The van der Waals surface area contributed by atoms with Gasteiger partial charge in [0.15, 0.2) is 0 Å². The van der Waals surface area contributed by atoms with Gasteiger partial charge < -0.3 is 19.5 Å². The first-order valence-electron chi connectivity index (χ1n) is 10.2. The molecule has 1 aromatic carbocycles. The molecule has 2 amide bonds. The molecule has 2 bridgehead atoms. The van der Waals surface area contributed by atoms with E-state index in [1.165, 1.54) is 6.07 Å². The second kappa shape index (κ2) is 6.46. The second-order valence-electron chi connectivity index (χ2n) is 9.73. The summed E-state index contributed by atoms with van der Waals surface area (Å²) in [5.41, 5.74) is 0.705. The molecule has 3 fully saturated rings. The summed E-state index contributed by atoms with van der Waals surface area (Å²) in [6.45, 7) is 12.0. The van der Waals surface area contributed by atoms with Crippen LogP contribution in [0.15, 0.2) is 12.1 Å². The van der Waals surface area contributed by atoms with Crippen molar-refractivity contribution in [3.05, 3.63) is 23.5 Å². The lowest BCUT2D eigenvalue weighted by atomic mass is 9.74. The molecule has 1 aromatic rings. The van der Waals surface area contributed by atoms with Crippen LogP contribution >= 0.6 is 0 Å². The highest BCUT2D eigenvalue weighted by atomic mass is 19.1. The SMILES string of the molecule is Cc1cc(F)c(NC(=O)N2C3CC(C)CC2C3)cc1B1OC(C)(C)C(C)(C)O1. The van der Waals surface area contributed by atoms with Gasteiger partial charge in [-0.25, -0.2) is 9.18 Å². The Hall–Kier alpha value is -1.60. The summed E-state index contributed by atoms with van der Waals surface area (Å²) in [7, 11) is -0.592. The molecule has 152 valence electrons. The molecular formula is C21H30BFN2O3. The first-order valence-corrected chi connectivity index (χ1v) is 10.2. The van der Waals surface area contributed by atoms with Crippen LogP contribution in [0.25, 0.3) is 0 Å². The number of hydrogen-bond donors (Lipinski definition) is 1. The topological polar surface area (TPSA) is 50.8 Å². The Morgan fingerprint density at radius 3 is 2.29 bits per heavy atom. The van der Waals surface area contributed by atoms with E-state index in [2.05, 4.69) is 12.2 Å². The van der Waals surface area contributed by atoms with Crippen LogP contribution in [0.2, 0.25) is 0 Å². The number of amides is 2. The Bertz CT molecular complexity index is 785. The Kier molecular flexibility index (Phi) is 4.55. The molecule has 1 N–H and O–H groups in total. The van der Waals surface area contributed by atoms with E-state index < -0.39 is 24.1 Å². The molecule has 3 aliphatic heterocycles. The number of rotatable bonds is 2. The van der Waals surface area contributed by atoms with E-state index in [9.17, 15) is 9.18 Å². The van der Waals surface area contributed by atoms with Crippen LogP contribution < -0.4 is 10.8 Å². The molecule has 5 nitrogen and oxygen atoms in total. The number of anilines is 1. The zero-order valence-electron chi connectivity index (χ0n) is 17.6. The van der Waals surface area contributed by atoms with Crippen molar-refractivity contribution in [2.75, 3.05) is 5.32 Å². The van der Waals surface area contributed by atoms with Gasteiger partial charge in [0.1, 0.15) is 5.82 Å². The van der Waals surface area contributed by atoms with E-state index in [0.717, 1.165) is 30.3 Å². The van der Waals surface area contributed by atoms with Gasteiger partial charge in [-0.3, -0.25) is 0 Å². The molecule has 2 unspecified atom stereocenters. The Balaban J connectivity index is 1.54. The van der Waals surface area contributed by atoms with Crippen molar-refractivity contribution >= 4 is 24.3 Å². The van der Waals surface area contributed by atoms with E-state index >= 15 is 0 Å². The Morgan fingerprint density at radius 1 is 1.14 bits per heavy atom. The molecular weight excluding hydrogens is 358 g/mol. The predicted molar refractivity (Wildman–Crippen MR) is 108 cm³/mol. The number of urea groups is 1. The molecule has 28 heavy (non-hydrogen) atoms.